The summed E-state index contributed by atoms with van der Waals surface area (Å²) in [4.78, 5) is 23.0. The molecule has 2 aromatic rings. The standard InChI is InChI=1S/C17H15N3O2/c1-12(21)14-4-8-16(9-5-14)20-17(22)11-19-15-6-2-13(10-18)3-7-15/h2-9,19H,11H2,1H3,(H,20,22). The van der Waals surface area contributed by atoms with E-state index in [0.29, 0.717) is 16.8 Å². The van der Waals surface area contributed by atoms with Crippen molar-refractivity contribution >= 4 is 23.1 Å². The van der Waals surface area contributed by atoms with Crippen molar-refractivity contribution in [2.45, 2.75) is 6.92 Å². The number of nitrogens with zero attached hydrogens (tertiary/aromatic N) is 1. The number of anilines is 2. The molecule has 0 aromatic heterocycles. The van der Waals surface area contributed by atoms with Gasteiger partial charge >= 0.3 is 0 Å². The summed E-state index contributed by atoms with van der Waals surface area (Å²) in [7, 11) is 0. The predicted octanol–water partition coefficient (Wildman–Crippen LogP) is 2.81. The van der Waals surface area contributed by atoms with E-state index in [1.165, 1.54) is 6.92 Å². The molecule has 2 aromatic carbocycles. The lowest BCUT2D eigenvalue weighted by Gasteiger charge is -2.08. The highest BCUT2D eigenvalue weighted by atomic mass is 16.2. The van der Waals surface area contributed by atoms with E-state index in [2.05, 4.69) is 10.6 Å². The SMILES string of the molecule is CC(=O)c1ccc(NC(=O)CNc2ccc(C#N)cc2)cc1. The summed E-state index contributed by atoms with van der Waals surface area (Å²) in [6.07, 6.45) is 0. The summed E-state index contributed by atoms with van der Waals surface area (Å²) in [5.41, 5.74) is 2.58. The van der Waals surface area contributed by atoms with Crippen molar-refractivity contribution in [2.24, 2.45) is 0 Å². The smallest absolute Gasteiger partial charge is 0.243 e. The van der Waals surface area contributed by atoms with Crippen LogP contribution in [0.3, 0.4) is 0 Å². The van der Waals surface area contributed by atoms with Gasteiger partial charge in [-0.15, -0.1) is 0 Å². The Labute approximate surface area is 128 Å². The van der Waals surface area contributed by atoms with Crippen LogP contribution in [0.1, 0.15) is 22.8 Å². The molecule has 0 saturated heterocycles. The van der Waals surface area contributed by atoms with Gasteiger partial charge in [0.05, 0.1) is 18.2 Å². The molecular formula is C17H15N3O2. The van der Waals surface area contributed by atoms with Gasteiger partial charge in [-0.25, -0.2) is 0 Å². The third-order valence-electron chi connectivity index (χ3n) is 3.04. The first-order valence-electron chi connectivity index (χ1n) is 6.73. The average molecular weight is 293 g/mol. The summed E-state index contributed by atoms with van der Waals surface area (Å²) >= 11 is 0. The summed E-state index contributed by atoms with van der Waals surface area (Å²) in [5.74, 6) is -0.208. The van der Waals surface area contributed by atoms with E-state index in [1.54, 1.807) is 48.5 Å². The molecule has 5 nitrogen and oxygen atoms in total. The second-order valence-corrected chi connectivity index (χ2v) is 4.72. The maximum absolute atomic E-state index is 11.8. The number of rotatable bonds is 5. The Balaban J connectivity index is 1.87. The summed E-state index contributed by atoms with van der Waals surface area (Å²) < 4.78 is 0. The van der Waals surface area contributed by atoms with Crippen molar-refractivity contribution in [1.82, 2.24) is 0 Å². The number of hydrogen-bond acceptors (Lipinski definition) is 4. The van der Waals surface area contributed by atoms with E-state index in [1.807, 2.05) is 6.07 Å². The number of ketones is 1. The molecular weight excluding hydrogens is 278 g/mol. The van der Waals surface area contributed by atoms with Crippen LogP contribution in [0.2, 0.25) is 0 Å². The Bertz CT molecular complexity index is 713. The maximum Gasteiger partial charge on any atom is 0.243 e. The van der Waals surface area contributed by atoms with Gasteiger partial charge in [-0.1, -0.05) is 0 Å². The van der Waals surface area contributed by atoms with Gasteiger partial charge in [-0.2, -0.15) is 5.26 Å². The number of carbonyl (C=O) groups is 2. The lowest BCUT2D eigenvalue weighted by Crippen LogP contribution is -2.21. The second-order valence-electron chi connectivity index (χ2n) is 4.72. The van der Waals surface area contributed by atoms with Crippen LogP contribution in [-0.4, -0.2) is 18.2 Å². The van der Waals surface area contributed by atoms with Gasteiger partial charge in [0.15, 0.2) is 5.78 Å². The molecule has 5 heteroatoms. The average Bonchev–Trinajstić information content (AvgIpc) is 2.54. The van der Waals surface area contributed by atoms with Crippen molar-refractivity contribution in [3.05, 3.63) is 59.7 Å². The molecule has 0 radical (unpaired) electrons. The third-order valence-corrected chi connectivity index (χ3v) is 3.04. The topological polar surface area (TPSA) is 82.0 Å². The Morgan fingerprint density at radius 3 is 2.14 bits per heavy atom. The van der Waals surface area contributed by atoms with Crippen molar-refractivity contribution in [2.75, 3.05) is 17.2 Å². The van der Waals surface area contributed by atoms with Gasteiger partial charge in [0.2, 0.25) is 5.91 Å². The van der Waals surface area contributed by atoms with E-state index in [4.69, 9.17) is 5.26 Å². The van der Waals surface area contributed by atoms with Crippen LogP contribution in [0.25, 0.3) is 0 Å². The largest absolute Gasteiger partial charge is 0.376 e. The van der Waals surface area contributed by atoms with Crippen molar-refractivity contribution in [1.29, 1.82) is 5.26 Å². The van der Waals surface area contributed by atoms with Gasteiger partial charge < -0.3 is 10.6 Å². The molecule has 0 aliphatic rings. The first kappa shape index (κ1) is 15.3. The zero-order valence-electron chi connectivity index (χ0n) is 12.1. The molecule has 0 heterocycles. The van der Waals surface area contributed by atoms with Crippen LogP contribution in [0.4, 0.5) is 11.4 Å². The second kappa shape index (κ2) is 7.04. The maximum atomic E-state index is 11.8. The molecule has 0 aliphatic carbocycles. The molecule has 0 spiro atoms. The molecule has 2 rings (SSSR count). The van der Waals surface area contributed by atoms with Crippen LogP contribution in [-0.2, 0) is 4.79 Å². The fourth-order valence-corrected chi connectivity index (χ4v) is 1.84. The fourth-order valence-electron chi connectivity index (χ4n) is 1.84. The molecule has 0 atom stereocenters. The Morgan fingerprint density at radius 1 is 1.00 bits per heavy atom. The van der Waals surface area contributed by atoms with Crippen LogP contribution < -0.4 is 10.6 Å². The molecule has 0 aliphatic heterocycles. The van der Waals surface area contributed by atoms with Gasteiger partial charge in [-0.05, 0) is 55.5 Å². The third kappa shape index (κ3) is 4.18. The number of nitrogens with one attached hydrogen (secondary N) is 2. The van der Waals surface area contributed by atoms with Crippen LogP contribution in [0.15, 0.2) is 48.5 Å². The molecule has 0 fully saturated rings. The molecule has 0 bridgehead atoms. The number of Topliss-reactive ketones (excluding diaryl/α,β-unsaturated/α-hetero) is 1. The van der Waals surface area contributed by atoms with Gasteiger partial charge in [0.1, 0.15) is 0 Å². The number of benzene rings is 2. The zero-order valence-corrected chi connectivity index (χ0v) is 12.1. The number of carbonyl (C=O) groups excluding carboxylic acids is 2. The summed E-state index contributed by atoms with van der Waals surface area (Å²) in [5, 5.41) is 14.4. The minimum absolute atomic E-state index is 0.0136. The van der Waals surface area contributed by atoms with Crippen molar-refractivity contribution in [3.8, 4) is 6.07 Å². The van der Waals surface area contributed by atoms with E-state index in [0.717, 1.165) is 5.69 Å². The highest BCUT2D eigenvalue weighted by molar-refractivity contribution is 5.96. The normalized spacial score (nSPS) is 9.64. The Kier molecular flexibility index (Phi) is 4.89. The first-order chi connectivity index (χ1) is 10.6. The summed E-state index contributed by atoms with van der Waals surface area (Å²) in [6, 6.07) is 15.6. The lowest BCUT2D eigenvalue weighted by molar-refractivity contribution is -0.114. The van der Waals surface area contributed by atoms with Gasteiger partial charge in [-0.3, -0.25) is 9.59 Å². The lowest BCUT2D eigenvalue weighted by atomic mass is 10.1. The molecule has 1 amide bonds. The Morgan fingerprint density at radius 2 is 1.59 bits per heavy atom. The fraction of sp³-hybridized carbons (Fsp3) is 0.118. The minimum atomic E-state index is -0.195. The molecule has 0 saturated carbocycles. The van der Waals surface area contributed by atoms with Crippen LogP contribution in [0.5, 0.6) is 0 Å². The van der Waals surface area contributed by atoms with Crippen LogP contribution >= 0.6 is 0 Å². The monoisotopic (exact) mass is 293 g/mol. The predicted molar refractivity (Wildman–Crippen MR) is 84.7 cm³/mol. The highest BCUT2D eigenvalue weighted by Crippen LogP contribution is 2.11. The highest BCUT2D eigenvalue weighted by Gasteiger charge is 2.04. The first-order valence-corrected chi connectivity index (χ1v) is 6.73. The van der Waals surface area contributed by atoms with Gasteiger partial charge in [0.25, 0.3) is 0 Å². The van der Waals surface area contributed by atoms with E-state index in [9.17, 15) is 9.59 Å². The quantitative estimate of drug-likeness (QED) is 0.830. The van der Waals surface area contributed by atoms with Crippen LogP contribution in [0, 0.1) is 11.3 Å². The number of nitriles is 1. The minimum Gasteiger partial charge on any atom is -0.376 e. The van der Waals surface area contributed by atoms with E-state index >= 15 is 0 Å². The van der Waals surface area contributed by atoms with Crippen molar-refractivity contribution < 1.29 is 9.59 Å². The van der Waals surface area contributed by atoms with Gasteiger partial charge in [0, 0.05) is 16.9 Å². The number of amides is 1. The van der Waals surface area contributed by atoms with E-state index in [-0.39, 0.29) is 18.2 Å². The number of hydrogen-bond donors (Lipinski definition) is 2. The van der Waals surface area contributed by atoms with Crippen molar-refractivity contribution in [3.63, 3.8) is 0 Å². The molecule has 0 unspecified atom stereocenters. The molecule has 110 valence electrons. The Hall–Kier alpha value is -3.13. The zero-order chi connectivity index (χ0) is 15.9. The molecule has 22 heavy (non-hydrogen) atoms. The van der Waals surface area contributed by atoms with E-state index < -0.39 is 0 Å². The molecule has 2 N–H and O–H groups in total. The summed E-state index contributed by atoms with van der Waals surface area (Å²) in [6.45, 7) is 1.61.